The molecule has 2 aliphatic heterocycles. The van der Waals surface area contributed by atoms with Crippen LogP contribution in [-0.2, 0) is 42.9 Å². The number of aromatic nitrogens is 4. The number of benzene rings is 1. The van der Waals surface area contributed by atoms with E-state index < -0.39 is 79.7 Å². The SMILES string of the molecule is CC(=O)OC[C@H]1OC(n2c3ncccc3c3c4c(c5c6cccnc6[nH]c5c32)C(=O)N(CO)C4=O)[C@H](OC(C)=O)[C@@H](OC(C)=O)[C@@H]1OC(C)=O. The molecule has 50 heavy (non-hydrogen) atoms. The number of aliphatic hydroxyl groups excluding tert-OH is 1. The van der Waals surface area contributed by atoms with E-state index in [1.54, 1.807) is 30.5 Å². The average Bonchev–Trinajstić information content (AvgIpc) is 3.68. The molecule has 0 aliphatic carbocycles. The molecule has 0 bridgehead atoms. The maximum Gasteiger partial charge on any atom is 0.303 e. The standard InChI is InChI=1S/C33H29N5O12/c1-13(40)46-11-19-26(47-14(2)41)27(48-15(3)42)28(49-16(4)43)33(50-19)38-25-21(18-8-6-10-35-30(18)38)23-22(31(44)37(12-39)32(23)45)20-17-7-5-9-34-29(17)36-24(20)25/h5-10,19,26-28,33,39H,11-12H2,1-4H3,(H,34,36)/t19-,26-,27+,28-,33?/m1/s1. The molecule has 5 aromatic rings. The predicted octanol–water partition coefficient (Wildman–Crippen LogP) is 2.02. The van der Waals surface area contributed by atoms with E-state index in [-0.39, 0.29) is 27.7 Å². The van der Waals surface area contributed by atoms with Crippen molar-refractivity contribution in [2.24, 2.45) is 0 Å². The van der Waals surface area contributed by atoms with Crippen LogP contribution >= 0.6 is 0 Å². The first-order chi connectivity index (χ1) is 23.9. The van der Waals surface area contributed by atoms with Crippen LogP contribution in [0.25, 0.3) is 43.9 Å². The summed E-state index contributed by atoms with van der Waals surface area (Å²) in [6.07, 6.45) is -4.17. The summed E-state index contributed by atoms with van der Waals surface area (Å²) < 4.78 is 30.3. The number of hydrogen-bond acceptors (Lipinski definition) is 14. The Morgan fingerprint density at radius 3 is 2.06 bits per heavy atom. The summed E-state index contributed by atoms with van der Waals surface area (Å²) in [5, 5.41) is 11.5. The van der Waals surface area contributed by atoms with Gasteiger partial charge in [-0.05, 0) is 24.3 Å². The van der Waals surface area contributed by atoms with Gasteiger partial charge in [0.25, 0.3) is 11.8 Å². The van der Waals surface area contributed by atoms with Crippen molar-refractivity contribution >= 4 is 79.6 Å². The number of nitrogens with one attached hydrogen (secondary N) is 1. The zero-order valence-electron chi connectivity index (χ0n) is 27.0. The normalized spacial score (nSPS) is 21.9. The summed E-state index contributed by atoms with van der Waals surface area (Å²) in [7, 11) is 0. The fraction of sp³-hybridized carbons (Fsp3) is 0.333. The Labute approximate surface area is 281 Å². The van der Waals surface area contributed by atoms with Gasteiger partial charge in [0.1, 0.15) is 30.7 Å². The van der Waals surface area contributed by atoms with E-state index >= 15 is 0 Å². The van der Waals surface area contributed by atoms with Crippen LogP contribution in [0.2, 0.25) is 0 Å². The first kappa shape index (κ1) is 32.6. The van der Waals surface area contributed by atoms with Gasteiger partial charge in [-0.3, -0.25) is 38.2 Å². The number of amides is 2. The molecule has 2 amide bonds. The zero-order chi connectivity index (χ0) is 35.6. The zero-order valence-corrected chi connectivity index (χ0v) is 27.0. The fourth-order valence-corrected chi connectivity index (χ4v) is 6.93. The number of esters is 4. The molecule has 0 radical (unpaired) electrons. The molecule has 5 atom stereocenters. The smallest absolute Gasteiger partial charge is 0.303 e. The second kappa shape index (κ2) is 12.2. The molecule has 17 nitrogen and oxygen atoms in total. The van der Waals surface area contributed by atoms with Crippen molar-refractivity contribution < 1.29 is 57.6 Å². The van der Waals surface area contributed by atoms with Gasteiger partial charge in [0, 0.05) is 61.6 Å². The number of pyridine rings is 2. The third kappa shape index (κ3) is 5.00. The number of aromatic amines is 1. The third-order valence-electron chi connectivity index (χ3n) is 8.60. The molecular weight excluding hydrogens is 658 g/mol. The molecule has 0 saturated carbocycles. The Hall–Kier alpha value is -5.94. The van der Waals surface area contributed by atoms with E-state index in [0.717, 1.165) is 20.8 Å². The summed E-state index contributed by atoms with van der Waals surface area (Å²) in [5.41, 5.74) is 1.15. The van der Waals surface area contributed by atoms with Crippen molar-refractivity contribution in [1.82, 2.24) is 24.4 Å². The highest BCUT2D eigenvalue weighted by Gasteiger charge is 2.54. The molecule has 1 aromatic carbocycles. The monoisotopic (exact) mass is 687 g/mol. The van der Waals surface area contributed by atoms with Crippen molar-refractivity contribution in [3.63, 3.8) is 0 Å². The first-order valence-electron chi connectivity index (χ1n) is 15.4. The second-order valence-corrected chi connectivity index (χ2v) is 11.8. The van der Waals surface area contributed by atoms with Crippen molar-refractivity contribution in [2.75, 3.05) is 13.3 Å². The maximum atomic E-state index is 13.9. The Morgan fingerprint density at radius 2 is 1.42 bits per heavy atom. The topological polar surface area (TPSA) is 219 Å². The highest BCUT2D eigenvalue weighted by atomic mass is 16.7. The van der Waals surface area contributed by atoms with Crippen molar-refractivity contribution in [2.45, 2.75) is 58.3 Å². The molecule has 0 spiro atoms. The van der Waals surface area contributed by atoms with Crippen LogP contribution in [0, 0.1) is 0 Å². The Bertz CT molecular complexity index is 2290. The number of imide groups is 1. The minimum atomic E-state index is -1.52. The van der Waals surface area contributed by atoms with Gasteiger partial charge in [0.2, 0.25) is 0 Å². The van der Waals surface area contributed by atoms with Crippen LogP contribution in [0.5, 0.6) is 0 Å². The number of hydrogen-bond donors (Lipinski definition) is 2. The third-order valence-corrected chi connectivity index (χ3v) is 8.60. The van der Waals surface area contributed by atoms with Gasteiger partial charge >= 0.3 is 23.9 Å². The van der Waals surface area contributed by atoms with Crippen LogP contribution in [0.1, 0.15) is 54.6 Å². The highest BCUT2D eigenvalue weighted by molar-refractivity contribution is 6.39. The number of carbonyl (C=O) groups is 6. The Balaban J connectivity index is 1.61. The van der Waals surface area contributed by atoms with Crippen molar-refractivity contribution in [3.05, 3.63) is 47.8 Å². The van der Waals surface area contributed by atoms with Crippen LogP contribution in [0.4, 0.5) is 0 Å². The molecular formula is C33H29N5O12. The summed E-state index contributed by atoms with van der Waals surface area (Å²) >= 11 is 0. The summed E-state index contributed by atoms with van der Waals surface area (Å²) in [6, 6.07) is 6.66. The van der Waals surface area contributed by atoms with E-state index in [9.17, 15) is 33.9 Å². The molecule has 6 heterocycles. The van der Waals surface area contributed by atoms with E-state index in [4.69, 9.17) is 23.7 Å². The van der Waals surface area contributed by atoms with Gasteiger partial charge < -0.3 is 33.8 Å². The lowest BCUT2D eigenvalue weighted by atomic mass is 9.96. The van der Waals surface area contributed by atoms with E-state index in [2.05, 4.69) is 15.0 Å². The molecule has 4 aromatic heterocycles. The largest absolute Gasteiger partial charge is 0.463 e. The quantitative estimate of drug-likeness (QED) is 0.142. The van der Waals surface area contributed by atoms with Crippen LogP contribution in [-0.4, -0.2) is 103 Å². The number of nitrogens with zero attached hydrogens (tertiary/aromatic N) is 4. The number of ether oxygens (including phenoxy) is 5. The van der Waals surface area contributed by atoms with Gasteiger partial charge in [-0.25, -0.2) is 9.97 Å². The lowest BCUT2D eigenvalue weighted by molar-refractivity contribution is -0.267. The lowest BCUT2D eigenvalue weighted by Gasteiger charge is -2.45. The van der Waals surface area contributed by atoms with Crippen LogP contribution in [0.15, 0.2) is 36.7 Å². The molecule has 258 valence electrons. The van der Waals surface area contributed by atoms with Crippen molar-refractivity contribution in [1.29, 1.82) is 0 Å². The molecule has 2 N–H and O–H groups in total. The van der Waals surface area contributed by atoms with E-state index in [0.29, 0.717) is 32.2 Å². The van der Waals surface area contributed by atoms with E-state index in [1.807, 2.05) is 0 Å². The van der Waals surface area contributed by atoms with Crippen molar-refractivity contribution in [3.8, 4) is 0 Å². The lowest BCUT2D eigenvalue weighted by Crippen LogP contribution is -2.60. The molecule has 1 unspecified atom stereocenters. The maximum absolute atomic E-state index is 13.9. The van der Waals surface area contributed by atoms with Gasteiger partial charge in [0.05, 0.1) is 22.2 Å². The van der Waals surface area contributed by atoms with Gasteiger partial charge in [-0.15, -0.1) is 0 Å². The number of fused-ring (bicyclic) bond motifs is 10. The number of H-pyrrole nitrogens is 1. The fourth-order valence-electron chi connectivity index (χ4n) is 6.93. The molecule has 7 rings (SSSR count). The molecule has 2 aliphatic rings. The molecule has 1 saturated heterocycles. The van der Waals surface area contributed by atoms with Crippen LogP contribution in [0.3, 0.4) is 0 Å². The average molecular weight is 688 g/mol. The van der Waals surface area contributed by atoms with Gasteiger partial charge in [-0.1, -0.05) is 0 Å². The molecule has 1 fully saturated rings. The van der Waals surface area contributed by atoms with Gasteiger partial charge in [0.15, 0.2) is 24.5 Å². The molecule has 17 heteroatoms. The highest BCUT2D eigenvalue weighted by Crippen LogP contribution is 2.47. The van der Waals surface area contributed by atoms with E-state index in [1.165, 1.54) is 17.7 Å². The number of rotatable bonds is 7. The summed E-state index contributed by atoms with van der Waals surface area (Å²) in [5.74, 6) is -4.58. The first-order valence-corrected chi connectivity index (χ1v) is 15.4. The Morgan fingerprint density at radius 1 is 0.820 bits per heavy atom. The minimum Gasteiger partial charge on any atom is -0.463 e. The summed E-state index contributed by atoms with van der Waals surface area (Å²) in [6.45, 7) is 3.17. The Kier molecular flexibility index (Phi) is 7.95. The number of aliphatic hydroxyl groups is 1. The van der Waals surface area contributed by atoms with Crippen LogP contribution < -0.4 is 0 Å². The second-order valence-electron chi connectivity index (χ2n) is 11.8. The summed E-state index contributed by atoms with van der Waals surface area (Å²) in [4.78, 5) is 90.2. The number of carbonyl (C=O) groups excluding carboxylic acids is 6. The van der Waals surface area contributed by atoms with Gasteiger partial charge in [-0.2, -0.15) is 0 Å². The minimum absolute atomic E-state index is 0.0151. The predicted molar refractivity (Wildman–Crippen MR) is 169 cm³/mol.